The normalized spacial score (nSPS) is 17.1. The first-order chi connectivity index (χ1) is 9.77. The van der Waals surface area contributed by atoms with Crippen molar-refractivity contribution in [2.24, 2.45) is 0 Å². The second kappa shape index (κ2) is 8.08. The third-order valence-corrected chi connectivity index (χ3v) is 4.18. The second-order valence-corrected chi connectivity index (χ2v) is 5.94. The van der Waals surface area contributed by atoms with Crippen molar-refractivity contribution in [3.05, 3.63) is 29.8 Å². The molecule has 0 saturated carbocycles. The number of anilines is 1. The third kappa shape index (κ3) is 4.66. The molecule has 0 atom stereocenters. The van der Waals surface area contributed by atoms with Crippen molar-refractivity contribution in [3.8, 4) is 0 Å². The molecule has 0 aliphatic carbocycles. The summed E-state index contributed by atoms with van der Waals surface area (Å²) in [5.74, 6) is 0.282. The number of rotatable bonds is 4. The number of para-hydroxylation sites is 1. The van der Waals surface area contributed by atoms with Gasteiger partial charge in [-0.1, -0.05) is 43.9 Å². The maximum Gasteiger partial charge on any atom is 0.130 e. The first kappa shape index (κ1) is 15.1. The number of benzene rings is 1. The fourth-order valence-corrected chi connectivity index (χ4v) is 3.01. The van der Waals surface area contributed by atoms with Crippen LogP contribution in [0.3, 0.4) is 0 Å². The molecule has 2 rings (SSSR count). The Morgan fingerprint density at radius 3 is 2.25 bits per heavy atom. The zero-order valence-corrected chi connectivity index (χ0v) is 12.7. The van der Waals surface area contributed by atoms with E-state index in [1.165, 1.54) is 49.8 Å². The molecule has 0 radical (unpaired) electrons. The Morgan fingerprint density at radius 2 is 1.60 bits per heavy atom. The fourth-order valence-electron chi connectivity index (χ4n) is 3.01. The lowest BCUT2D eigenvalue weighted by atomic mass is 10.0. The van der Waals surface area contributed by atoms with Crippen LogP contribution >= 0.6 is 0 Å². The summed E-state index contributed by atoms with van der Waals surface area (Å²) in [6, 6.07) is 8.63. The molecule has 1 fully saturated rings. The molecule has 20 heavy (non-hydrogen) atoms. The summed E-state index contributed by atoms with van der Waals surface area (Å²) in [5, 5.41) is 0. The Hall–Kier alpha value is -1.31. The van der Waals surface area contributed by atoms with E-state index in [9.17, 15) is 4.79 Å². The second-order valence-electron chi connectivity index (χ2n) is 5.94. The minimum atomic E-state index is 0.282. The Kier molecular flexibility index (Phi) is 6.10. The lowest BCUT2D eigenvalue weighted by Gasteiger charge is -2.27. The van der Waals surface area contributed by atoms with Crippen LogP contribution in [-0.4, -0.2) is 18.9 Å². The van der Waals surface area contributed by atoms with Crippen LogP contribution in [0.4, 0.5) is 5.69 Å². The molecule has 1 aromatic carbocycles. The van der Waals surface area contributed by atoms with E-state index in [-0.39, 0.29) is 5.78 Å². The van der Waals surface area contributed by atoms with Crippen LogP contribution in [0.5, 0.6) is 0 Å². The van der Waals surface area contributed by atoms with Crippen LogP contribution in [-0.2, 0) is 11.2 Å². The Balaban J connectivity index is 2.09. The van der Waals surface area contributed by atoms with Crippen LogP contribution in [0.25, 0.3) is 0 Å². The molecular formula is C18H27NO. The van der Waals surface area contributed by atoms with Gasteiger partial charge in [-0.2, -0.15) is 0 Å². The van der Waals surface area contributed by atoms with Gasteiger partial charge in [0.25, 0.3) is 0 Å². The predicted molar refractivity (Wildman–Crippen MR) is 85.4 cm³/mol. The average molecular weight is 273 g/mol. The minimum absolute atomic E-state index is 0.282. The van der Waals surface area contributed by atoms with Gasteiger partial charge in [0, 0.05) is 25.2 Å². The van der Waals surface area contributed by atoms with Gasteiger partial charge in [0.1, 0.15) is 5.78 Å². The molecule has 0 unspecified atom stereocenters. The molecule has 1 aliphatic heterocycles. The van der Waals surface area contributed by atoms with Gasteiger partial charge in [-0.3, -0.25) is 0 Å². The molecule has 0 N–H and O–H groups in total. The minimum Gasteiger partial charge on any atom is -0.371 e. The molecule has 0 amide bonds. The van der Waals surface area contributed by atoms with Crippen molar-refractivity contribution in [1.29, 1.82) is 0 Å². The molecule has 2 nitrogen and oxygen atoms in total. The van der Waals surface area contributed by atoms with Gasteiger partial charge in [-0.25, -0.2) is 0 Å². The molecular weight excluding hydrogens is 246 g/mol. The van der Waals surface area contributed by atoms with E-state index in [1.54, 1.807) is 6.92 Å². The highest BCUT2D eigenvalue weighted by Gasteiger charge is 2.12. The van der Waals surface area contributed by atoms with Gasteiger partial charge in [-0.15, -0.1) is 0 Å². The van der Waals surface area contributed by atoms with Gasteiger partial charge in [0.05, 0.1) is 0 Å². The summed E-state index contributed by atoms with van der Waals surface area (Å²) >= 11 is 0. The smallest absolute Gasteiger partial charge is 0.130 e. The number of nitrogens with zero attached hydrogens (tertiary/aromatic N) is 1. The molecule has 1 heterocycles. The highest BCUT2D eigenvalue weighted by atomic mass is 16.1. The monoisotopic (exact) mass is 273 g/mol. The van der Waals surface area contributed by atoms with E-state index in [2.05, 4.69) is 29.2 Å². The standard InChI is InChI=1S/C18H27NO/c1-16(20)12-13-17-10-6-7-11-18(17)19-14-8-4-2-3-5-9-15-19/h6-7,10-11H,2-5,8-9,12-15H2,1H3. The quantitative estimate of drug-likeness (QED) is 0.812. The summed E-state index contributed by atoms with van der Waals surface area (Å²) < 4.78 is 0. The highest BCUT2D eigenvalue weighted by Crippen LogP contribution is 2.24. The SMILES string of the molecule is CC(=O)CCc1ccccc1N1CCCCCCCC1. The van der Waals surface area contributed by atoms with E-state index < -0.39 is 0 Å². The van der Waals surface area contributed by atoms with Crippen LogP contribution in [0, 0.1) is 0 Å². The Bertz CT molecular complexity index is 417. The number of carbonyl (C=O) groups excluding carboxylic acids is 1. The maximum atomic E-state index is 11.2. The largest absolute Gasteiger partial charge is 0.371 e. The van der Waals surface area contributed by atoms with Crippen LogP contribution in [0.15, 0.2) is 24.3 Å². The topological polar surface area (TPSA) is 20.3 Å². The zero-order valence-electron chi connectivity index (χ0n) is 12.7. The Labute approximate surface area is 123 Å². The molecule has 1 aromatic rings. The van der Waals surface area contributed by atoms with Gasteiger partial charge in [0.2, 0.25) is 0 Å². The van der Waals surface area contributed by atoms with E-state index >= 15 is 0 Å². The number of ketones is 1. The fraction of sp³-hybridized carbons (Fsp3) is 0.611. The van der Waals surface area contributed by atoms with Crippen molar-refractivity contribution in [2.75, 3.05) is 18.0 Å². The van der Waals surface area contributed by atoms with Gasteiger partial charge in [0.15, 0.2) is 0 Å². The van der Waals surface area contributed by atoms with Crippen molar-refractivity contribution in [2.45, 2.75) is 58.3 Å². The van der Waals surface area contributed by atoms with Gasteiger partial charge < -0.3 is 9.69 Å². The molecule has 0 spiro atoms. The van der Waals surface area contributed by atoms with Gasteiger partial charge in [-0.05, 0) is 37.8 Å². The first-order valence-electron chi connectivity index (χ1n) is 8.09. The molecule has 0 bridgehead atoms. The van der Waals surface area contributed by atoms with Crippen molar-refractivity contribution < 1.29 is 4.79 Å². The number of Topliss-reactive ketones (excluding diaryl/α,β-unsaturated/α-hetero) is 1. The number of hydrogen-bond acceptors (Lipinski definition) is 2. The summed E-state index contributed by atoms with van der Waals surface area (Å²) in [7, 11) is 0. The van der Waals surface area contributed by atoms with Crippen molar-refractivity contribution in [1.82, 2.24) is 0 Å². The molecule has 1 aliphatic rings. The summed E-state index contributed by atoms with van der Waals surface area (Å²) in [5.41, 5.74) is 2.69. The van der Waals surface area contributed by atoms with Crippen molar-refractivity contribution >= 4 is 11.5 Å². The number of aryl methyl sites for hydroxylation is 1. The lowest BCUT2D eigenvalue weighted by Crippen LogP contribution is -2.26. The molecule has 0 aromatic heterocycles. The number of hydrogen-bond donors (Lipinski definition) is 0. The third-order valence-electron chi connectivity index (χ3n) is 4.18. The van der Waals surface area contributed by atoms with E-state index in [0.717, 1.165) is 19.5 Å². The number of carbonyl (C=O) groups is 1. The summed E-state index contributed by atoms with van der Waals surface area (Å²) in [6.45, 7) is 4.01. The molecule has 110 valence electrons. The van der Waals surface area contributed by atoms with Crippen LogP contribution in [0.1, 0.15) is 57.4 Å². The van der Waals surface area contributed by atoms with Crippen LogP contribution in [0.2, 0.25) is 0 Å². The maximum absolute atomic E-state index is 11.2. The summed E-state index contributed by atoms with van der Waals surface area (Å²) in [4.78, 5) is 13.8. The van der Waals surface area contributed by atoms with E-state index in [1.807, 2.05) is 0 Å². The van der Waals surface area contributed by atoms with E-state index in [4.69, 9.17) is 0 Å². The molecule has 2 heteroatoms. The Morgan fingerprint density at radius 1 is 1.00 bits per heavy atom. The van der Waals surface area contributed by atoms with Crippen molar-refractivity contribution in [3.63, 3.8) is 0 Å². The average Bonchev–Trinajstić information content (AvgIpc) is 2.59. The zero-order chi connectivity index (χ0) is 14.2. The highest BCUT2D eigenvalue weighted by molar-refractivity contribution is 5.76. The molecule has 1 saturated heterocycles. The van der Waals surface area contributed by atoms with E-state index in [0.29, 0.717) is 6.42 Å². The lowest BCUT2D eigenvalue weighted by molar-refractivity contribution is -0.116. The first-order valence-corrected chi connectivity index (χ1v) is 8.09. The predicted octanol–water partition coefficient (Wildman–Crippen LogP) is 4.37. The van der Waals surface area contributed by atoms with Crippen LogP contribution < -0.4 is 4.90 Å². The summed E-state index contributed by atoms with van der Waals surface area (Å²) in [6.07, 6.45) is 9.60. The van der Waals surface area contributed by atoms with Gasteiger partial charge >= 0.3 is 0 Å².